The average Bonchev–Trinajstić information content (AvgIpc) is 2.68. The molecule has 5 heteroatoms. The van der Waals surface area contributed by atoms with E-state index in [9.17, 15) is 4.79 Å². The predicted octanol–water partition coefficient (Wildman–Crippen LogP) is 4.38. The van der Waals surface area contributed by atoms with E-state index < -0.39 is 0 Å². The molecule has 1 aliphatic rings. The Kier molecular flexibility index (Phi) is 5.92. The number of nitrogens with zero attached hydrogens (tertiary/aromatic N) is 2. The van der Waals surface area contributed by atoms with E-state index in [1.807, 2.05) is 35.2 Å². The van der Waals surface area contributed by atoms with Gasteiger partial charge in [-0.2, -0.15) is 5.26 Å². The molecule has 1 heterocycles. The summed E-state index contributed by atoms with van der Waals surface area (Å²) in [6, 6.07) is 14.9. The quantitative estimate of drug-likeness (QED) is 0.804. The van der Waals surface area contributed by atoms with E-state index in [4.69, 9.17) is 21.6 Å². The molecule has 1 saturated heterocycles. The molecule has 1 amide bonds. The molecule has 134 valence electrons. The highest BCUT2D eigenvalue weighted by Crippen LogP contribution is 2.27. The van der Waals surface area contributed by atoms with Gasteiger partial charge in [0, 0.05) is 25.8 Å². The van der Waals surface area contributed by atoms with Crippen LogP contribution in [0.4, 0.5) is 0 Å². The highest BCUT2D eigenvalue weighted by Gasteiger charge is 2.24. The van der Waals surface area contributed by atoms with Crippen molar-refractivity contribution >= 4 is 17.5 Å². The molecule has 3 rings (SSSR count). The van der Waals surface area contributed by atoms with Crippen LogP contribution in [0.5, 0.6) is 0 Å². The van der Waals surface area contributed by atoms with Crippen molar-refractivity contribution in [2.45, 2.75) is 12.8 Å². The van der Waals surface area contributed by atoms with Crippen molar-refractivity contribution in [1.29, 1.82) is 5.26 Å². The fourth-order valence-corrected chi connectivity index (χ4v) is 3.64. The van der Waals surface area contributed by atoms with E-state index >= 15 is 0 Å². The number of piperidine rings is 1. The Bertz CT molecular complexity index is 842. The molecule has 0 spiro atoms. The van der Waals surface area contributed by atoms with E-state index in [1.165, 1.54) is 0 Å². The monoisotopic (exact) mass is 368 g/mol. The van der Waals surface area contributed by atoms with Crippen molar-refractivity contribution in [3.05, 3.63) is 58.6 Å². The summed E-state index contributed by atoms with van der Waals surface area (Å²) in [5.41, 5.74) is 2.91. The number of benzene rings is 2. The normalized spacial score (nSPS) is 17.0. The molecule has 1 atom stereocenters. The zero-order valence-corrected chi connectivity index (χ0v) is 15.5. The number of hydrogen-bond acceptors (Lipinski definition) is 3. The minimum atomic E-state index is 0.0485. The molecule has 1 aliphatic heterocycles. The van der Waals surface area contributed by atoms with Crippen molar-refractivity contribution in [2.75, 3.05) is 26.8 Å². The number of methoxy groups -OCH3 is 1. The molecule has 0 unspecified atom stereocenters. The molecule has 4 nitrogen and oxygen atoms in total. The van der Waals surface area contributed by atoms with Crippen LogP contribution in [0.2, 0.25) is 5.02 Å². The van der Waals surface area contributed by atoms with Crippen molar-refractivity contribution in [1.82, 2.24) is 4.90 Å². The molecule has 0 N–H and O–H groups in total. The van der Waals surface area contributed by atoms with Gasteiger partial charge < -0.3 is 9.64 Å². The molecular formula is C21H21ClN2O2. The minimum Gasteiger partial charge on any atom is -0.384 e. The van der Waals surface area contributed by atoms with Gasteiger partial charge in [-0.1, -0.05) is 29.8 Å². The highest BCUT2D eigenvalue weighted by atomic mass is 35.5. The Hall–Kier alpha value is -2.35. The number of nitriles is 1. The number of ether oxygens (including phenoxy) is 1. The molecule has 2 aromatic carbocycles. The molecule has 1 fully saturated rings. The van der Waals surface area contributed by atoms with Gasteiger partial charge in [-0.3, -0.25) is 4.79 Å². The van der Waals surface area contributed by atoms with Crippen LogP contribution in [0.15, 0.2) is 42.5 Å². The van der Waals surface area contributed by atoms with Crippen LogP contribution in [0.3, 0.4) is 0 Å². The fraction of sp³-hybridized carbons (Fsp3) is 0.333. The number of likely N-dealkylation sites (tertiary alicyclic amines) is 1. The van der Waals surface area contributed by atoms with Gasteiger partial charge in [0.1, 0.15) is 6.07 Å². The van der Waals surface area contributed by atoms with Crippen LogP contribution in [-0.2, 0) is 4.74 Å². The van der Waals surface area contributed by atoms with Crippen molar-refractivity contribution < 1.29 is 9.53 Å². The van der Waals surface area contributed by atoms with Gasteiger partial charge >= 0.3 is 0 Å². The molecular weight excluding hydrogens is 348 g/mol. The Morgan fingerprint density at radius 3 is 2.85 bits per heavy atom. The van der Waals surface area contributed by atoms with Crippen LogP contribution >= 0.6 is 11.6 Å². The lowest BCUT2D eigenvalue weighted by molar-refractivity contribution is 0.0571. The van der Waals surface area contributed by atoms with E-state index in [1.54, 1.807) is 19.2 Å². The predicted molar refractivity (Wildman–Crippen MR) is 102 cm³/mol. The molecule has 0 aromatic heterocycles. The number of carbonyl (C=O) groups is 1. The number of amides is 1. The van der Waals surface area contributed by atoms with Crippen molar-refractivity contribution in [3.63, 3.8) is 0 Å². The Labute approximate surface area is 158 Å². The third-order valence-electron chi connectivity index (χ3n) is 4.74. The minimum absolute atomic E-state index is 0.0485. The van der Waals surface area contributed by atoms with Gasteiger partial charge in [-0.15, -0.1) is 0 Å². The second-order valence-corrected chi connectivity index (χ2v) is 7.01. The summed E-state index contributed by atoms with van der Waals surface area (Å²) in [5.74, 6) is 0.450. The number of hydrogen-bond donors (Lipinski definition) is 0. The van der Waals surface area contributed by atoms with E-state index in [-0.39, 0.29) is 5.91 Å². The van der Waals surface area contributed by atoms with E-state index in [0.717, 1.165) is 37.1 Å². The molecule has 0 radical (unpaired) electrons. The third-order valence-corrected chi connectivity index (χ3v) is 5.05. The van der Waals surface area contributed by atoms with Gasteiger partial charge in [-0.25, -0.2) is 0 Å². The maximum atomic E-state index is 12.9. The Balaban J connectivity index is 1.82. The summed E-state index contributed by atoms with van der Waals surface area (Å²) in [6.07, 6.45) is 2.10. The van der Waals surface area contributed by atoms with E-state index in [0.29, 0.717) is 28.7 Å². The standard InChI is InChI=1S/C21H21ClN2O2/c1-26-14-15-4-3-9-24(13-15)21(25)18-6-2-5-16(10-18)17-7-8-19(12-23)20(22)11-17/h2,5-8,10-11,15H,3-4,9,13-14H2,1H3/t15-/m0/s1. The lowest BCUT2D eigenvalue weighted by Crippen LogP contribution is -2.41. The fourth-order valence-electron chi connectivity index (χ4n) is 3.42. The average molecular weight is 369 g/mol. The van der Waals surface area contributed by atoms with Gasteiger partial charge in [0.15, 0.2) is 0 Å². The number of halogens is 1. The highest BCUT2D eigenvalue weighted by molar-refractivity contribution is 6.32. The summed E-state index contributed by atoms with van der Waals surface area (Å²) >= 11 is 6.14. The Morgan fingerprint density at radius 2 is 2.12 bits per heavy atom. The summed E-state index contributed by atoms with van der Waals surface area (Å²) in [7, 11) is 1.70. The lowest BCUT2D eigenvalue weighted by Gasteiger charge is -2.32. The largest absolute Gasteiger partial charge is 0.384 e. The first-order chi connectivity index (χ1) is 12.6. The van der Waals surface area contributed by atoms with Crippen molar-refractivity contribution in [3.8, 4) is 17.2 Å². The van der Waals surface area contributed by atoms with Crippen LogP contribution < -0.4 is 0 Å². The van der Waals surface area contributed by atoms with E-state index in [2.05, 4.69) is 6.07 Å². The zero-order valence-electron chi connectivity index (χ0n) is 14.7. The first-order valence-corrected chi connectivity index (χ1v) is 9.08. The lowest BCUT2D eigenvalue weighted by atomic mass is 9.97. The molecule has 2 aromatic rings. The second kappa shape index (κ2) is 8.35. The smallest absolute Gasteiger partial charge is 0.253 e. The molecule has 0 saturated carbocycles. The van der Waals surface area contributed by atoms with Crippen LogP contribution in [0.25, 0.3) is 11.1 Å². The van der Waals surface area contributed by atoms with Crippen LogP contribution in [-0.4, -0.2) is 37.6 Å². The molecule has 26 heavy (non-hydrogen) atoms. The SMILES string of the molecule is COC[C@H]1CCCN(C(=O)c2cccc(-c3ccc(C#N)c(Cl)c3)c2)C1. The van der Waals surface area contributed by atoms with Gasteiger partial charge in [0.2, 0.25) is 0 Å². The zero-order chi connectivity index (χ0) is 18.5. The molecule has 0 aliphatic carbocycles. The summed E-state index contributed by atoms with van der Waals surface area (Å²) < 4.78 is 5.25. The number of rotatable bonds is 4. The maximum Gasteiger partial charge on any atom is 0.253 e. The second-order valence-electron chi connectivity index (χ2n) is 6.60. The summed E-state index contributed by atoms with van der Waals surface area (Å²) in [4.78, 5) is 14.8. The van der Waals surface area contributed by atoms with Crippen molar-refractivity contribution in [2.24, 2.45) is 5.92 Å². The van der Waals surface area contributed by atoms with Crippen LogP contribution in [0, 0.1) is 17.2 Å². The number of carbonyl (C=O) groups excluding carboxylic acids is 1. The van der Waals surface area contributed by atoms with Gasteiger partial charge in [0.25, 0.3) is 5.91 Å². The van der Waals surface area contributed by atoms with Crippen LogP contribution in [0.1, 0.15) is 28.8 Å². The Morgan fingerprint density at radius 1 is 1.31 bits per heavy atom. The molecule has 0 bridgehead atoms. The first kappa shape index (κ1) is 18.4. The third kappa shape index (κ3) is 4.07. The maximum absolute atomic E-state index is 12.9. The summed E-state index contributed by atoms with van der Waals surface area (Å²) in [6.45, 7) is 2.21. The summed E-state index contributed by atoms with van der Waals surface area (Å²) in [5, 5.41) is 9.42. The first-order valence-electron chi connectivity index (χ1n) is 8.70. The van der Waals surface area contributed by atoms with Gasteiger partial charge in [-0.05, 0) is 54.2 Å². The topological polar surface area (TPSA) is 53.3 Å². The van der Waals surface area contributed by atoms with Gasteiger partial charge in [0.05, 0.1) is 17.2 Å².